The van der Waals surface area contributed by atoms with E-state index in [0.717, 1.165) is 0 Å². The lowest BCUT2D eigenvalue weighted by atomic mass is 10.1. The molecule has 0 unspecified atom stereocenters. The molecule has 2 heterocycles. The summed E-state index contributed by atoms with van der Waals surface area (Å²) in [5, 5.41) is 8.68. The maximum atomic E-state index is 13.6. The summed E-state index contributed by atoms with van der Waals surface area (Å²) in [6, 6.07) is 8.03. The fourth-order valence-corrected chi connectivity index (χ4v) is 4.29. The fourth-order valence-electron chi connectivity index (χ4n) is 2.92. The number of H-pyrrole nitrogens is 1. The second kappa shape index (κ2) is 7.88. The Hall–Kier alpha value is -2.46. The van der Waals surface area contributed by atoms with Crippen LogP contribution in [0.2, 0.25) is 0 Å². The summed E-state index contributed by atoms with van der Waals surface area (Å²) in [6.07, 6.45) is -3.97. The van der Waals surface area contributed by atoms with Crippen LogP contribution < -0.4 is 5.56 Å². The number of carbonyl (C=O) groups is 1. The number of fused-ring (bicyclic) bond motifs is 1. The number of nitrogens with zero attached hydrogens (tertiary/aromatic N) is 1. The second-order valence-corrected chi connectivity index (χ2v) is 7.52. The van der Waals surface area contributed by atoms with Gasteiger partial charge in [0, 0.05) is 18.5 Å². The van der Waals surface area contributed by atoms with Gasteiger partial charge in [0.05, 0.1) is 5.52 Å². The summed E-state index contributed by atoms with van der Waals surface area (Å²) in [5.74, 6) is -0.950. The molecule has 148 valence electrons. The number of aromatic nitrogens is 2. The summed E-state index contributed by atoms with van der Waals surface area (Å²) in [7, 11) is 0. The molecule has 0 saturated carbocycles. The largest absolute Gasteiger partial charge is 0.481 e. The molecule has 2 aromatic heterocycles. The van der Waals surface area contributed by atoms with Gasteiger partial charge in [-0.15, -0.1) is 11.3 Å². The number of alkyl halides is 3. The van der Waals surface area contributed by atoms with Crippen molar-refractivity contribution in [3.63, 3.8) is 0 Å². The summed E-state index contributed by atoms with van der Waals surface area (Å²) < 4.78 is 42.0. The number of hydrogen-bond donors (Lipinski definition) is 2. The van der Waals surface area contributed by atoms with Crippen LogP contribution in [0.4, 0.5) is 13.2 Å². The van der Waals surface area contributed by atoms with E-state index in [1.54, 1.807) is 30.3 Å². The van der Waals surface area contributed by atoms with E-state index in [2.05, 4.69) is 4.98 Å². The molecule has 0 bridgehead atoms. The number of carboxylic acids is 1. The Morgan fingerprint density at radius 1 is 1.21 bits per heavy atom. The molecule has 2 N–H and O–H groups in total. The lowest BCUT2D eigenvalue weighted by molar-refractivity contribution is -0.137. The zero-order chi connectivity index (χ0) is 20.5. The van der Waals surface area contributed by atoms with Crippen molar-refractivity contribution in [2.24, 2.45) is 0 Å². The van der Waals surface area contributed by atoms with Crippen LogP contribution in [0.3, 0.4) is 0 Å². The number of nitrogens with one attached hydrogen (secondary N) is 1. The summed E-state index contributed by atoms with van der Waals surface area (Å²) in [4.78, 5) is 25.3. The van der Waals surface area contributed by atoms with Gasteiger partial charge < -0.3 is 10.1 Å². The minimum atomic E-state index is -4.62. The summed E-state index contributed by atoms with van der Waals surface area (Å²) in [5.41, 5.74) is -0.285. The van der Waals surface area contributed by atoms with Gasteiger partial charge in [-0.3, -0.25) is 14.2 Å². The van der Waals surface area contributed by atoms with Gasteiger partial charge in [0.15, 0.2) is 4.77 Å². The van der Waals surface area contributed by atoms with Crippen molar-refractivity contribution >= 4 is 39.7 Å². The van der Waals surface area contributed by atoms with E-state index in [9.17, 15) is 22.8 Å². The number of aliphatic carboxylic acids is 1. The van der Waals surface area contributed by atoms with Crippen molar-refractivity contribution in [3.8, 4) is 11.1 Å². The minimum absolute atomic E-state index is 0.0107. The molecule has 0 fully saturated rings. The maximum absolute atomic E-state index is 13.6. The predicted octanol–water partition coefficient (Wildman–Crippen LogP) is 5.06. The van der Waals surface area contributed by atoms with Gasteiger partial charge in [0.1, 0.15) is 9.58 Å². The number of rotatable bonds is 6. The molecule has 0 aliphatic rings. The lowest BCUT2D eigenvalue weighted by Crippen LogP contribution is -2.21. The zero-order valence-corrected chi connectivity index (χ0v) is 16.0. The molecule has 0 aliphatic heterocycles. The Kier molecular flexibility index (Phi) is 5.71. The third-order valence-electron chi connectivity index (χ3n) is 4.17. The van der Waals surface area contributed by atoms with Gasteiger partial charge >= 0.3 is 12.1 Å². The highest BCUT2D eigenvalue weighted by Gasteiger charge is 2.38. The van der Waals surface area contributed by atoms with Crippen LogP contribution in [0, 0.1) is 4.77 Å². The van der Waals surface area contributed by atoms with Crippen LogP contribution in [-0.4, -0.2) is 20.6 Å². The number of hydrogen-bond acceptors (Lipinski definition) is 4. The monoisotopic (exact) mass is 428 g/mol. The van der Waals surface area contributed by atoms with E-state index in [0.29, 0.717) is 29.7 Å². The molecular weight excluding hydrogens is 413 g/mol. The average molecular weight is 428 g/mol. The van der Waals surface area contributed by atoms with E-state index < -0.39 is 22.6 Å². The number of unbranched alkanes of at least 4 members (excludes halogenated alkanes) is 1. The smallest absolute Gasteiger partial charge is 0.426 e. The van der Waals surface area contributed by atoms with Crippen molar-refractivity contribution in [1.82, 2.24) is 9.55 Å². The van der Waals surface area contributed by atoms with Crippen LogP contribution in [0.25, 0.3) is 21.3 Å². The summed E-state index contributed by atoms with van der Waals surface area (Å²) >= 11 is 5.58. The summed E-state index contributed by atoms with van der Waals surface area (Å²) in [6.45, 7) is 0.136. The third-order valence-corrected chi connectivity index (χ3v) is 5.71. The highest BCUT2D eigenvalue weighted by molar-refractivity contribution is 7.71. The van der Waals surface area contributed by atoms with Crippen LogP contribution in [0.15, 0.2) is 35.1 Å². The molecule has 0 atom stereocenters. The third kappa shape index (κ3) is 4.02. The van der Waals surface area contributed by atoms with E-state index in [1.165, 1.54) is 4.57 Å². The first kappa shape index (κ1) is 20.3. The molecular formula is C18H15F3N2O3S2. The van der Waals surface area contributed by atoms with Crippen molar-refractivity contribution in [2.45, 2.75) is 32.0 Å². The molecule has 10 heteroatoms. The molecule has 1 aromatic carbocycles. The van der Waals surface area contributed by atoms with Crippen LogP contribution >= 0.6 is 23.6 Å². The standard InChI is InChI=1S/C18H15F3N2O3S2/c19-18(20,21)15-12(10-6-2-1-3-7-10)13-14(28-15)16(26)23(17(27)22-13)9-5-4-8-11(24)25/h1-3,6-7H,4-5,8-9H2,(H,22,27)(H,24,25). The van der Waals surface area contributed by atoms with Crippen molar-refractivity contribution < 1.29 is 23.1 Å². The lowest BCUT2D eigenvalue weighted by Gasteiger charge is -2.09. The Morgan fingerprint density at radius 3 is 2.50 bits per heavy atom. The number of halogens is 3. The molecule has 0 spiro atoms. The van der Waals surface area contributed by atoms with E-state index in [-0.39, 0.29) is 33.5 Å². The Labute approximate surface area is 166 Å². The topological polar surface area (TPSA) is 75.1 Å². The minimum Gasteiger partial charge on any atom is -0.481 e. The van der Waals surface area contributed by atoms with Crippen LogP contribution in [0.1, 0.15) is 24.1 Å². The van der Waals surface area contributed by atoms with Gasteiger partial charge in [-0.1, -0.05) is 30.3 Å². The predicted molar refractivity (Wildman–Crippen MR) is 103 cm³/mol. The molecule has 0 amide bonds. The van der Waals surface area contributed by atoms with Gasteiger partial charge in [0.2, 0.25) is 0 Å². The van der Waals surface area contributed by atoms with E-state index >= 15 is 0 Å². The Bertz CT molecular complexity index is 1130. The first-order chi connectivity index (χ1) is 13.2. The zero-order valence-electron chi connectivity index (χ0n) is 14.4. The molecule has 3 rings (SSSR count). The number of thiophene rings is 1. The normalized spacial score (nSPS) is 11.8. The number of carboxylic acid groups (broad SMARTS) is 1. The molecule has 0 saturated heterocycles. The first-order valence-electron chi connectivity index (χ1n) is 8.34. The highest BCUT2D eigenvalue weighted by Crippen LogP contribution is 2.45. The van der Waals surface area contributed by atoms with Crippen molar-refractivity contribution in [3.05, 3.63) is 50.3 Å². The SMILES string of the molecule is O=C(O)CCCCn1c(=S)[nH]c2c(-c3ccccc3)c(C(F)(F)F)sc2c1=O. The van der Waals surface area contributed by atoms with Crippen LogP contribution in [-0.2, 0) is 17.5 Å². The maximum Gasteiger partial charge on any atom is 0.426 e. The second-order valence-electron chi connectivity index (χ2n) is 6.11. The molecule has 28 heavy (non-hydrogen) atoms. The van der Waals surface area contributed by atoms with Gasteiger partial charge in [-0.25, -0.2) is 0 Å². The first-order valence-corrected chi connectivity index (χ1v) is 9.56. The van der Waals surface area contributed by atoms with Crippen molar-refractivity contribution in [2.75, 3.05) is 0 Å². The van der Waals surface area contributed by atoms with E-state index in [1.807, 2.05) is 0 Å². The van der Waals surface area contributed by atoms with Crippen LogP contribution in [0.5, 0.6) is 0 Å². The van der Waals surface area contributed by atoms with Gasteiger partial charge in [-0.05, 0) is 30.6 Å². The molecule has 5 nitrogen and oxygen atoms in total. The Morgan fingerprint density at radius 2 is 1.89 bits per heavy atom. The molecule has 0 aliphatic carbocycles. The molecule has 0 radical (unpaired) electrons. The van der Waals surface area contributed by atoms with Crippen molar-refractivity contribution in [1.29, 1.82) is 0 Å². The quantitative estimate of drug-likeness (QED) is 0.425. The van der Waals surface area contributed by atoms with E-state index in [4.69, 9.17) is 17.3 Å². The number of benzene rings is 1. The fraction of sp³-hybridized carbons (Fsp3) is 0.278. The van der Waals surface area contributed by atoms with Gasteiger partial charge in [0.25, 0.3) is 5.56 Å². The molecule has 3 aromatic rings. The van der Waals surface area contributed by atoms with Gasteiger partial charge in [-0.2, -0.15) is 13.2 Å². The average Bonchev–Trinajstić information content (AvgIpc) is 3.01. The Balaban J connectivity index is 2.15. The number of aromatic amines is 1. The highest BCUT2D eigenvalue weighted by atomic mass is 32.1.